The van der Waals surface area contributed by atoms with Crippen molar-refractivity contribution in [3.63, 3.8) is 0 Å². The van der Waals surface area contributed by atoms with Gasteiger partial charge in [-0.2, -0.15) is 0 Å². The fourth-order valence-corrected chi connectivity index (χ4v) is 1.14. The van der Waals surface area contributed by atoms with Crippen molar-refractivity contribution < 1.29 is 9.53 Å². The van der Waals surface area contributed by atoms with Crippen molar-refractivity contribution in [3.8, 4) is 0 Å². The van der Waals surface area contributed by atoms with Gasteiger partial charge in [0.1, 0.15) is 0 Å². The Balaban J connectivity index is 2.25. The number of para-hydroxylation sites is 1. The molecule has 61 valence electrons. The Bertz CT molecular complexity index is 284. The SMILES string of the molecule is O=C1O[CH]CN1c1ccccc1. The van der Waals surface area contributed by atoms with Crippen LogP contribution in [0.3, 0.4) is 0 Å². The summed E-state index contributed by atoms with van der Waals surface area (Å²) < 4.78 is 4.68. The van der Waals surface area contributed by atoms with Crippen molar-refractivity contribution in [2.45, 2.75) is 0 Å². The van der Waals surface area contributed by atoms with Crippen LogP contribution in [0.15, 0.2) is 30.3 Å². The molecular formula is C9H8NO2. The van der Waals surface area contributed by atoms with Gasteiger partial charge in [-0.25, -0.2) is 4.79 Å². The van der Waals surface area contributed by atoms with Gasteiger partial charge in [-0.05, 0) is 12.1 Å². The second-order valence-corrected chi connectivity index (χ2v) is 2.50. The number of anilines is 1. The van der Waals surface area contributed by atoms with Crippen LogP contribution in [0.1, 0.15) is 0 Å². The maximum absolute atomic E-state index is 11.0. The highest BCUT2D eigenvalue weighted by Gasteiger charge is 2.23. The van der Waals surface area contributed by atoms with Crippen molar-refractivity contribution in [2.24, 2.45) is 0 Å². The minimum Gasteiger partial charge on any atom is -0.440 e. The van der Waals surface area contributed by atoms with Gasteiger partial charge < -0.3 is 4.74 Å². The molecule has 1 heterocycles. The van der Waals surface area contributed by atoms with Gasteiger partial charge >= 0.3 is 6.09 Å². The third-order valence-electron chi connectivity index (χ3n) is 1.73. The average Bonchev–Trinajstić information content (AvgIpc) is 2.53. The fraction of sp³-hybridized carbons (Fsp3) is 0.111. The molecule has 1 saturated heterocycles. The van der Waals surface area contributed by atoms with Gasteiger partial charge in [0.05, 0.1) is 6.54 Å². The summed E-state index contributed by atoms with van der Waals surface area (Å²) in [6, 6.07) is 9.44. The highest BCUT2D eigenvalue weighted by molar-refractivity contribution is 5.89. The smallest absolute Gasteiger partial charge is 0.414 e. The monoisotopic (exact) mass is 162 g/mol. The molecule has 1 radical (unpaired) electrons. The summed E-state index contributed by atoms with van der Waals surface area (Å²) >= 11 is 0. The standard InChI is InChI=1S/C9H8NO2/c11-9-10(6-7-12-9)8-4-2-1-3-5-8/h1-5,7H,6H2. The van der Waals surface area contributed by atoms with Crippen LogP contribution in [0.5, 0.6) is 0 Å². The predicted molar refractivity (Wildman–Crippen MR) is 44.6 cm³/mol. The van der Waals surface area contributed by atoms with Crippen LogP contribution in [-0.4, -0.2) is 12.6 Å². The van der Waals surface area contributed by atoms with Crippen molar-refractivity contribution in [2.75, 3.05) is 11.4 Å². The Morgan fingerprint density at radius 2 is 2.00 bits per heavy atom. The lowest BCUT2D eigenvalue weighted by molar-refractivity contribution is 0.196. The molecule has 3 nitrogen and oxygen atoms in total. The lowest BCUT2D eigenvalue weighted by Crippen LogP contribution is -2.22. The minimum atomic E-state index is -0.304. The topological polar surface area (TPSA) is 29.5 Å². The largest absolute Gasteiger partial charge is 0.440 e. The number of hydrogen-bond donors (Lipinski definition) is 0. The average molecular weight is 162 g/mol. The summed E-state index contributed by atoms with van der Waals surface area (Å²) in [4.78, 5) is 12.6. The number of ether oxygens (including phenoxy) is 1. The maximum atomic E-state index is 11.0. The highest BCUT2D eigenvalue weighted by Crippen LogP contribution is 2.18. The van der Waals surface area contributed by atoms with E-state index in [-0.39, 0.29) is 6.09 Å². The number of nitrogens with zero attached hydrogens (tertiary/aromatic N) is 1. The van der Waals surface area contributed by atoms with Crippen LogP contribution in [0.4, 0.5) is 10.5 Å². The molecular weight excluding hydrogens is 154 g/mol. The Hall–Kier alpha value is -1.51. The Labute approximate surface area is 70.6 Å². The van der Waals surface area contributed by atoms with Gasteiger partial charge in [0, 0.05) is 5.69 Å². The summed E-state index contributed by atoms with van der Waals surface area (Å²) in [7, 11) is 0. The molecule has 1 aliphatic heterocycles. The Morgan fingerprint density at radius 1 is 1.25 bits per heavy atom. The van der Waals surface area contributed by atoms with E-state index < -0.39 is 0 Å². The lowest BCUT2D eigenvalue weighted by Gasteiger charge is -2.11. The van der Waals surface area contributed by atoms with Gasteiger partial charge in [0.2, 0.25) is 0 Å². The van der Waals surface area contributed by atoms with E-state index in [9.17, 15) is 4.79 Å². The van der Waals surface area contributed by atoms with E-state index in [1.165, 1.54) is 6.61 Å². The number of benzene rings is 1. The van der Waals surface area contributed by atoms with E-state index in [1.54, 1.807) is 4.90 Å². The summed E-state index contributed by atoms with van der Waals surface area (Å²) in [5, 5.41) is 0. The van der Waals surface area contributed by atoms with Gasteiger partial charge in [0.25, 0.3) is 0 Å². The zero-order valence-electron chi connectivity index (χ0n) is 6.43. The minimum absolute atomic E-state index is 0.304. The molecule has 0 saturated carbocycles. The highest BCUT2D eigenvalue weighted by atomic mass is 16.6. The van der Waals surface area contributed by atoms with E-state index in [4.69, 9.17) is 0 Å². The molecule has 0 N–H and O–H groups in total. The number of carbonyl (C=O) groups is 1. The van der Waals surface area contributed by atoms with E-state index >= 15 is 0 Å². The summed E-state index contributed by atoms with van der Waals surface area (Å²) in [6.45, 7) is 2.03. The Morgan fingerprint density at radius 3 is 2.58 bits per heavy atom. The maximum Gasteiger partial charge on any atom is 0.414 e. The first-order valence-corrected chi connectivity index (χ1v) is 3.73. The van der Waals surface area contributed by atoms with Gasteiger partial charge in [-0.1, -0.05) is 18.2 Å². The number of hydrogen-bond acceptors (Lipinski definition) is 2. The molecule has 0 unspecified atom stereocenters. The summed E-state index contributed by atoms with van der Waals surface area (Å²) in [5.41, 5.74) is 0.872. The first-order valence-electron chi connectivity index (χ1n) is 3.73. The normalized spacial score (nSPS) is 16.3. The van der Waals surface area contributed by atoms with E-state index in [2.05, 4.69) is 4.74 Å². The Kier molecular flexibility index (Phi) is 1.70. The van der Waals surface area contributed by atoms with Crippen LogP contribution in [0.2, 0.25) is 0 Å². The number of cyclic esters (lactones) is 1. The van der Waals surface area contributed by atoms with E-state index in [0.29, 0.717) is 6.54 Å². The zero-order valence-corrected chi connectivity index (χ0v) is 6.43. The van der Waals surface area contributed by atoms with Gasteiger partial charge in [-0.15, -0.1) is 0 Å². The van der Waals surface area contributed by atoms with Crippen molar-refractivity contribution >= 4 is 11.8 Å². The molecule has 2 rings (SSSR count). The summed E-state index contributed by atoms with van der Waals surface area (Å²) in [6.07, 6.45) is -0.304. The number of carbonyl (C=O) groups excluding carboxylic acids is 1. The molecule has 1 aliphatic rings. The fourth-order valence-electron chi connectivity index (χ4n) is 1.14. The molecule has 1 aromatic carbocycles. The summed E-state index contributed by atoms with van der Waals surface area (Å²) in [5.74, 6) is 0. The second kappa shape index (κ2) is 2.85. The van der Waals surface area contributed by atoms with Crippen LogP contribution >= 0.6 is 0 Å². The molecule has 0 bridgehead atoms. The lowest BCUT2D eigenvalue weighted by atomic mass is 10.3. The first kappa shape index (κ1) is 7.16. The molecule has 0 aliphatic carbocycles. The predicted octanol–water partition coefficient (Wildman–Crippen LogP) is 1.80. The third kappa shape index (κ3) is 1.13. The van der Waals surface area contributed by atoms with Gasteiger partial charge in [-0.3, -0.25) is 4.90 Å². The van der Waals surface area contributed by atoms with E-state index in [0.717, 1.165) is 5.69 Å². The van der Waals surface area contributed by atoms with Crippen LogP contribution in [0, 0.1) is 6.61 Å². The number of amides is 1. The van der Waals surface area contributed by atoms with Crippen LogP contribution < -0.4 is 4.90 Å². The molecule has 0 aromatic heterocycles. The zero-order chi connectivity index (χ0) is 8.39. The van der Waals surface area contributed by atoms with E-state index in [1.807, 2.05) is 30.3 Å². The molecule has 0 spiro atoms. The quantitative estimate of drug-likeness (QED) is 0.630. The van der Waals surface area contributed by atoms with Crippen LogP contribution in [-0.2, 0) is 4.74 Å². The second-order valence-electron chi connectivity index (χ2n) is 2.50. The molecule has 1 aromatic rings. The number of rotatable bonds is 1. The van der Waals surface area contributed by atoms with Crippen molar-refractivity contribution in [3.05, 3.63) is 36.9 Å². The van der Waals surface area contributed by atoms with Crippen molar-refractivity contribution in [1.82, 2.24) is 0 Å². The first-order chi connectivity index (χ1) is 5.88. The molecule has 12 heavy (non-hydrogen) atoms. The third-order valence-corrected chi connectivity index (χ3v) is 1.73. The van der Waals surface area contributed by atoms with Crippen molar-refractivity contribution in [1.29, 1.82) is 0 Å². The molecule has 0 atom stereocenters. The van der Waals surface area contributed by atoms with Crippen LogP contribution in [0.25, 0.3) is 0 Å². The molecule has 1 fully saturated rings. The van der Waals surface area contributed by atoms with Gasteiger partial charge in [0.15, 0.2) is 6.61 Å². The molecule has 3 heteroatoms. The molecule has 1 amide bonds.